The number of halogens is 3. The third-order valence-electron chi connectivity index (χ3n) is 4.48. The number of anilines is 2. The van der Waals surface area contributed by atoms with Crippen LogP contribution in [0.4, 0.5) is 24.7 Å². The van der Waals surface area contributed by atoms with Crippen LogP contribution < -0.4 is 18.3 Å². The zero-order valence-corrected chi connectivity index (χ0v) is 17.9. The van der Waals surface area contributed by atoms with Crippen molar-refractivity contribution in [2.75, 3.05) is 24.2 Å². The minimum absolute atomic E-state index is 0.145. The van der Waals surface area contributed by atoms with Gasteiger partial charge >= 0.3 is 154 Å². The van der Waals surface area contributed by atoms with E-state index in [1.54, 1.807) is 4.57 Å². The van der Waals surface area contributed by atoms with Crippen molar-refractivity contribution < 1.29 is 17.7 Å². The molecular formula is C16H15F3N5Tl+. The van der Waals surface area contributed by atoms with Gasteiger partial charge in [-0.1, -0.05) is 0 Å². The van der Waals surface area contributed by atoms with Crippen molar-refractivity contribution in [2.24, 2.45) is 0 Å². The molecule has 1 aliphatic rings. The number of nitrogens with zero attached hydrogens (tertiary/aromatic N) is 3. The molecule has 0 saturated carbocycles. The summed E-state index contributed by atoms with van der Waals surface area (Å²) in [5.74, 6) is 0.268. The van der Waals surface area contributed by atoms with E-state index in [0.717, 1.165) is 18.3 Å². The summed E-state index contributed by atoms with van der Waals surface area (Å²) >= 11 is -1.14. The van der Waals surface area contributed by atoms with E-state index in [1.165, 1.54) is 19.1 Å². The number of aromatic amines is 1. The van der Waals surface area contributed by atoms with Gasteiger partial charge in [-0.2, -0.15) is 0 Å². The van der Waals surface area contributed by atoms with Gasteiger partial charge in [-0.25, -0.2) is 0 Å². The number of alkyl halides is 3. The van der Waals surface area contributed by atoms with Crippen LogP contribution in [0.25, 0.3) is 16.7 Å². The molecule has 3 heterocycles. The van der Waals surface area contributed by atoms with Crippen LogP contribution in [0.1, 0.15) is 5.69 Å². The molecule has 0 atom stereocenters. The summed E-state index contributed by atoms with van der Waals surface area (Å²) in [6, 6.07) is 7.04. The molecule has 1 aliphatic heterocycles. The molecule has 0 spiro atoms. The molecule has 0 radical (unpaired) electrons. The molecule has 0 bridgehead atoms. The van der Waals surface area contributed by atoms with Crippen LogP contribution in [-0.4, -0.2) is 47.8 Å². The fourth-order valence-electron chi connectivity index (χ4n) is 3.21. The number of aromatic nitrogens is 3. The third kappa shape index (κ3) is 2.75. The second kappa shape index (κ2) is 5.85. The fraction of sp³-hybridized carbons (Fsp3) is 0.250. The zero-order valence-electron chi connectivity index (χ0n) is 13.4. The predicted octanol–water partition coefficient (Wildman–Crippen LogP) is 1.64. The minimum atomic E-state index is -4.46. The fourth-order valence-corrected chi connectivity index (χ4v) is 10.1. The standard InChI is InChI=1S/C16H14F3N5.Tl/c1-3-23(2)10-5-4-6-11(7-10)24-9-21-15-12(14(24)20)8-13(22-15)16(17,18)19;/h4-6,8-9H,1,3H2,2H3,(H2,20,22);/p+1. The molecule has 0 amide bonds. The van der Waals surface area contributed by atoms with E-state index in [9.17, 15) is 13.2 Å². The van der Waals surface area contributed by atoms with Gasteiger partial charge in [0.15, 0.2) is 0 Å². The van der Waals surface area contributed by atoms with Crippen LogP contribution in [0.5, 0.6) is 0 Å². The zero-order chi connectivity index (χ0) is 17.8. The van der Waals surface area contributed by atoms with E-state index in [-0.39, 0.29) is 16.9 Å². The molecule has 3 aromatic rings. The number of benzene rings is 1. The molecule has 0 unspecified atom stereocenters. The molecule has 25 heavy (non-hydrogen) atoms. The molecule has 127 valence electrons. The van der Waals surface area contributed by atoms with E-state index in [0.29, 0.717) is 0 Å². The van der Waals surface area contributed by atoms with Crippen molar-refractivity contribution in [3.8, 4) is 5.69 Å². The van der Waals surface area contributed by atoms with Gasteiger partial charge in [0, 0.05) is 0 Å². The first kappa shape index (κ1) is 16.6. The normalized spacial score (nSPS) is 14.2. The monoisotopic (exact) mass is 539 g/mol. The Morgan fingerprint density at radius 2 is 2.16 bits per heavy atom. The van der Waals surface area contributed by atoms with Crippen LogP contribution in [-0.2, 0) is 6.18 Å². The van der Waals surface area contributed by atoms with Gasteiger partial charge in [-0.3, -0.25) is 0 Å². The Morgan fingerprint density at radius 3 is 2.92 bits per heavy atom. The first-order valence-corrected chi connectivity index (χ1v) is 13.2. The van der Waals surface area contributed by atoms with E-state index in [4.69, 9.17) is 5.73 Å². The van der Waals surface area contributed by atoms with Crippen molar-refractivity contribution in [1.29, 1.82) is 0 Å². The van der Waals surface area contributed by atoms with Crippen molar-refractivity contribution in [1.82, 2.24) is 9.97 Å². The molecule has 3 N–H and O–H groups in total. The quantitative estimate of drug-likeness (QED) is 0.366. The Kier molecular flexibility index (Phi) is 3.89. The second-order valence-corrected chi connectivity index (χ2v) is 12.1. The van der Waals surface area contributed by atoms with E-state index >= 15 is 0 Å². The molecule has 0 aliphatic carbocycles. The number of nitrogens with two attached hydrogens (primary N) is 1. The average Bonchev–Trinajstić information content (AvgIpc) is 3.01. The van der Waals surface area contributed by atoms with Gasteiger partial charge < -0.3 is 0 Å². The summed E-state index contributed by atoms with van der Waals surface area (Å²) in [7, 11) is 2.06. The number of nitrogen functional groups attached to an aromatic ring is 1. The summed E-state index contributed by atoms with van der Waals surface area (Å²) in [5, 5.41) is 0.284. The Morgan fingerprint density at radius 1 is 1.36 bits per heavy atom. The topological polar surface area (TPSA) is 61.8 Å². The van der Waals surface area contributed by atoms with E-state index in [2.05, 4.69) is 28.0 Å². The Bertz CT molecular complexity index is 966. The molecule has 4 rings (SSSR count). The van der Waals surface area contributed by atoms with Gasteiger partial charge in [0.2, 0.25) is 0 Å². The van der Waals surface area contributed by atoms with E-state index < -0.39 is 36.1 Å². The van der Waals surface area contributed by atoms with Crippen LogP contribution in [0.2, 0.25) is 3.98 Å². The van der Waals surface area contributed by atoms with Gasteiger partial charge in [0.05, 0.1) is 0 Å². The molecule has 9 heteroatoms. The Labute approximate surface area is 153 Å². The van der Waals surface area contributed by atoms with Crippen molar-refractivity contribution >= 4 is 49.9 Å². The average molecular weight is 539 g/mol. The summed E-state index contributed by atoms with van der Waals surface area (Å²) < 4.78 is 43.1. The van der Waals surface area contributed by atoms with Gasteiger partial charge in [0.1, 0.15) is 0 Å². The SMILES string of the molecule is CN1C[CH2][Tl][c]2c1cccc2-[n+]1cnc2[nH]c(C(F)(F)F)cc2c1N. The summed E-state index contributed by atoms with van der Waals surface area (Å²) in [5.41, 5.74) is 7.68. The van der Waals surface area contributed by atoms with Crippen molar-refractivity contribution in [2.45, 2.75) is 10.2 Å². The summed E-state index contributed by atoms with van der Waals surface area (Å²) in [4.78, 5) is 8.68. The number of hydrogen-bond donors (Lipinski definition) is 2. The summed E-state index contributed by atoms with van der Waals surface area (Å²) in [6.07, 6.45) is -2.95. The number of nitrogens with one attached hydrogen (secondary N) is 1. The first-order valence-electron chi connectivity index (χ1n) is 7.80. The van der Waals surface area contributed by atoms with E-state index in [1.807, 2.05) is 12.1 Å². The maximum atomic E-state index is 12.9. The van der Waals surface area contributed by atoms with Gasteiger partial charge in [0.25, 0.3) is 0 Å². The summed E-state index contributed by atoms with van der Waals surface area (Å²) in [6.45, 7) is 1.07. The molecular weight excluding hydrogens is 524 g/mol. The van der Waals surface area contributed by atoms with Crippen LogP contribution in [0.15, 0.2) is 30.6 Å². The number of rotatable bonds is 1. The van der Waals surface area contributed by atoms with Gasteiger partial charge in [-0.15, -0.1) is 0 Å². The molecule has 5 nitrogen and oxygen atoms in total. The van der Waals surface area contributed by atoms with Crippen LogP contribution in [0.3, 0.4) is 0 Å². The number of hydrogen-bond acceptors (Lipinski definition) is 3. The Balaban J connectivity index is 1.91. The number of H-pyrrole nitrogens is 1. The third-order valence-corrected chi connectivity index (χ3v) is 10.5. The molecule has 0 saturated heterocycles. The predicted molar refractivity (Wildman–Crippen MR) is 90.5 cm³/mol. The maximum absolute atomic E-state index is 12.9. The molecule has 2 aromatic heterocycles. The number of fused-ring (bicyclic) bond motifs is 2. The van der Waals surface area contributed by atoms with Crippen LogP contribution in [0, 0.1) is 0 Å². The van der Waals surface area contributed by atoms with Crippen molar-refractivity contribution in [3.63, 3.8) is 0 Å². The second-order valence-electron chi connectivity index (χ2n) is 6.07. The molecule has 0 fully saturated rings. The van der Waals surface area contributed by atoms with Gasteiger partial charge in [-0.05, 0) is 0 Å². The van der Waals surface area contributed by atoms with Crippen LogP contribution >= 0.6 is 0 Å². The Hall–Kier alpha value is -1.85. The first-order chi connectivity index (χ1) is 11.9. The van der Waals surface area contributed by atoms with Crippen molar-refractivity contribution in [3.05, 3.63) is 36.3 Å². The molecule has 1 aromatic carbocycles.